The van der Waals surface area contributed by atoms with Gasteiger partial charge in [-0.1, -0.05) is 56.3 Å². The molecule has 82 heavy (non-hydrogen) atoms. The lowest BCUT2D eigenvalue weighted by molar-refractivity contribution is -0.142. The maximum absolute atomic E-state index is 14.2. The number of hydrogen-bond donors (Lipinski definition) is 18. The minimum Gasteiger partial charge on any atom is -0.508 e. The van der Waals surface area contributed by atoms with E-state index in [-0.39, 0.29) is 54.6 Å². The van der Waals surface area contributed by atoms with Gasteiger partial charge in [-0.3, -0.25) is 47.9 Å². The van der Waals surface area contributed by atoms with Crippen molar-refractivity contribution in [2.24, 2.45) is 23.1 Å². The SMILES string of the molecule is CC(C)CC(NC(=O)C(CC(N)=O)NC(=O)C(CCC(N)=O)NC(=O)C(CO)NC(=O)C(Cc1c[nH]c2ccccc12)NC(=O)C(CS)NC(=O)C(N)Cc1ccc(O)cc1)C(=O)NC(CS)C(=O)NC(Cc1ccc(O)cc1)C(=O)O. The van der Waals surface area contributed by atoms with Crippen molar-refractivity contribution in [3.05, 3.63) is 95.7 Å². The highest BCUT2D eigenvalue weighted by atomic mass is 32.1. The van der Waals surface area contributed by atoms with Gasteiger partial charge in [0.2, 0.25) is 59.1 Å². The first-order chi connectivity index (χ1) is 38.8. The summed E-state index contributed by atoms with van der Waals surface area (Å²) in [6.45, 7) is 2.27. The molecule has 1 aromatic heterocycles. The molecule has 0 saturated carbocycles. The minimum atomic E-state index is -1.87. The molecule has 0 radical (unpaired) electrons. The van der Waals surface area contributed by atoms with Crippen LogP contribution in [-0.2, 0) is 72.0 Å². The average Bonchev–Trinajstić information content (AvgIpc) is 3.97. The van der Waals surface area contributed by atoms with Gasteiger partial charge in [0, 0.05) is 47.9 Å². The molecule has 0 fully saturated rings. The number of aliphatic carboxylic acids is 1. The lowest BCUT2D eigenvalue weighted by Gasteiger charge is -2.28. The molecular formula is C53H70N12O15S2. The van der Waals surface area contributed by atoms with E-state index in [1.54, 1.807) is 56.4 Å². The first-order valence-electron chi connectivity index (χ1n) is 25.7. The predicted octanol–water partition coefficient (Wildman–Crippen LogP) is -3.06. The monoisotopic (exact) mass is 1180 g/mol. The molecule has 9 atom stereocenters. The number of carboxylic acids is 1. The second-order valence-corrected chi connectivity index (χ2v) is 20.3. The van der Waals surface area contributed by atoms with Crippen LogP contribution in [0.4, 0.5) is 0 Å². The van der Waals surface area contributed by atoms with Crippen molar-refractivity contribution >= 4 is 101 Å². The smallest absolute Gasteiger partial charge is 0.326 e. The maximum atomic E-state index is 14.2. The molecule has 444 valence electrons. The topological polar surface area (TPSA) is 459 Å². The molecule has 0 aliphatic rings. The summed E-state index contributed by atoms with van der Waals surface area (Å²) in [6.07, 6.45) is -0.855. The van der Waals surface area contributed by atoms with E-state index in [0.717, 1.165) is 0 Å². The van der Waals surface area contributed by atoms with Crippen molar-refractivity contribution in [1.82, 2.24) is 47.5 Å². The third-order valence-corrected chi connectivity index (χ3v) is 13.3. The van der Waals surface area contributed by atoms with Crippen molar-refractivity contribution in [1.29, 1.82) is 0 Å². The molecule has 29 heteroatoms. The number of rotatable bonds is 33. The summed E-state index contributed by atoms with van der Waals surface area (Å²) >= 11 is 8.39. The Hall–Kier alpha value is -8.41. The quantitative estimate of drug-likeness (QED) is 0.0211. The van der Waals surface area contributed by atoms with Crippen LogP contribution in [0.3, 0.4) is 0 Å². The molecule has 0 saturated heterocycles. The highest BCUT2D eigenvalue weighted by Crippen LogP contribution is 2.20. The zero-order valence-corrected chi connectivity index (χ0v) is 46.5. The summed E-state index contributed by atoms with van der Waals surface area (Å²) in [5.74, 6) is -12.6. The highest BCUT2D eigenvalue weighted by molar-refractivity contribution is 7.80. The molecule has 10 amide bonds. The highest BCUT2D eigenvalue weighted by Gasteiger charge is 2.36. The van der Waals surface area contributed by atoms with Gasteiger partial charge in [0.1, 0.15) is 59.8 Å². The van der Waals surface area contributed by atoms with Gasteiger partial charge < -0.3 is 85.1 Å². The number of carbonyl (C=O) groups excluding carboxylic acids is 10. The molecular weight excluding hydrogens is 1110 g/mol. The van der Waals surface area contributed by atoms with Gasteiger partial charge >= 0.3 is 5.97 Å². The zero-order chi connectivity index (χ0) is 60.8. The van der Waals surface area contributed by atoms with E-state index in [1.165, 1.54) is 36.4 Å². The Kier molecular flexibility index (Phi) is 25.9. The van der Waals surface area contributed by atoms with Crippen molar-refractivity contribution in [2.45, 2.75) is 113 Å². The number of para-hydroxylation sites is 1. The number of aliphatic hydroxyl groups excluding tert-OH is 1. The van der Waals surface area contributed by atoms with E-state index in [9.17, 15) is 73.2 Å². The number of aromatic hydroxyl groups is 2. The van der Waals surface area contributed by atoms with Crippen LogP contribution in [0.2, 0.25) is 0 Å². The Morgan fingerprint density at radius 3 is 1.50 bits per heavy atom. The Bertz CT molecular complexity index is 2910. The number of carbonyl (C=O) groups is 11. The number of fused-ring (bicyclic) bond motifs is 1. The number of aromatic nitrogens is 1. The zero-order valence-electron chi connectivity index (χ0n) is 44.8. The van der Waals surface area contributed by atoms with E-state index in [4.69, 9.17) is 17.2 Å². The van der Waals surface area contributed by atoms with Gasteiger partial charge in [0.25, 0.3) is 0 Å². The molecule has 3 aromatic carbocycles. The van der Waals surface area contributed by atoms with Crippen LogP contribution in [0.1, 0.15) is 56.2 Å². The molecule has 0 spiro atoms. The number of nitrogens with two attached hydrogens (primary N) is 3. The number of carboxylic acid groups (broad SMARTS) is 1. The number of phenols is 2. The Balaban J connectivity index is 1.51. The predicted molar refractivity (Wildman–Crippen MR) is 303 cm³/mol. The fraction of sp³-hybridized carbons (Fsp3) is 0.415. The van der Waals surface area contributed by atoms with Gasteiger partial charge in [-0.15, -0.1) is 0 Å². The van der Waals surface area contributed by atoms with Gasteiger partial charge in [-0.2, -0.15) is 25.3 Å². The Morgan fingerprint density at radius 2 is 0.963 bits per heavy atom. The summed E-state index contributed by atoms with van der Waals surface area (Å²) in [4.78, 5) is 150. The van der Waals surface area contributed by atoms with Crippen LogP contribution >= 0.6 is 25.3 Å². The number of primary amides is 2. The molecule has 4 rings (SSSR count). The number of hydrogen-bond acceptors (Lipinski definition) is 17. The second kappa shape index (κ2) is 32.1. The summed E-state index contributed by atoms with van der Waals surface area (Å²) in [5.41, 5.74) is 19.3. The number of nitrogens with one attached hydrogen (secondary N) is 9. The van der Waals surface area contributed by atoms with Crippen LogP contribution in [0, 0.1) is 5.92 Å². The lowest BCUT2D eigenvalue weighted by atomic mass is 10.0. The van der Waals surface area contributed by atoms with E-state index in [2.05, 4.69) is 72.8 Å². The average molecular weight is 1180 g/mol. The summed E-state index contributed by atoms with van der Waals surface area (Å²) in [6, 6.07) is 4.63. The minimum absolute atomic E-state index is 0.000915. The molecule has 19 N–H and O–H groups in total. The van der Waals surface area contributed by atoms with Gasteiger partial charge in [-0.25, -0.2) is 4.79 Å². The van der Waals surface area contributed by atoms with Crippen LogP contribution in [0.15, 0.2) is 79.0 Å². The number of benzene rings is 3. The number of thiol groups is 2. The molecule has 0 bridgehead atoms. The van der Waals surface area contributed by atoms with E-state index in [0.29, 0.717) is 27.6 Å². The Labute approximate surface area is 481 Å². The third kappa shape index (κ3) is 20.9. The van der Waals surface area contributed by atoms with Gasteiger partial charge in [0.05, 0.1) is 19.1 Å². The fourth-order valence-corrected chi connectivity index (χ4v) is 8.73. The number of aromatic amines is 1. The third-order valence-electron chi connectivity index (χ3n) is 12.6. The van der Waals surface area contributed by atoms with Crippen LogP contribution in [-0.4, -0.2) is 163 Å². The molecule has 0 aliphatic heterocycles. The number of H-pyrrole nitrogens is 1. The number of aliphatic hydroxyl groups is 1. The largest absolute Gasteiger partial charge is 0.508 e. The van der Waals surface area contributed by atoms with E-state index in [1.807, 2.05) is 0 Å². The number of phenolic OH excluding ortho intramolecular Hbond substituents is 2. The maximum Gasteiger partial charge on any atom is 0.326 e. The van der Waals surface area contributed by atoms with Crippen molar-refractivity contribution < 1.29 is 73.2 Å². The van der Waals surface area contributed by atoms with E-state index >= 15 is 0 Å². The van der Waals surface area contributed by atoms with Crippen molar-refractivity contribution in [2.75, 3.05) is 18.1 Å². The normalized spacial score (nSPS) is 14.4. The van der Waals surface area contributed by atoms with Gasteiger partial charge in [-0.05, 0) is 72.2 Å². The number of amides is 10. The van der Waals surface area contributed by atoms with Crippen molar-refractivity contribution in [3.8, 4) is 11.5 Å². The molecule has 4 aromatic rings. The summed E-state index contributed by atoms with van der Waals surface area (Å²) < 4.78 is 0. The van der Waals surface area contributed by atoms with Crippen LogP contribution < -0.4 is 59.7 Å². The molecule has 9 unspecified atom stereocenters. The van der Waals surface area contributed by atoms with Crippen LogP contribution in [0.5, 0.6) is 11.5 Å². The first kappa shape index (κ1) is 66.1. The molecule has 0 aliphatic carbocycles. The first-order valence-corrected chi connectivity index (χ1v) is 27.0. The molecule has 1 heterocycles. The summed E-state index contributed by atoms with van der Waals surface area (Å²) in [7, 11) is 0. The van der Waals surface area contributed by atoms with E-state index < -0.39 is 145 Å². The standard InChI is InChI=1S/C53H70N12O15S2/c1-26(2)17-36(47(73)65-42(25-82)52(78)62-39(53(79)80)19-28-9-13-31(68)14-10-28)59-49(75)38(21-44(56)70)61-46(72)35(15-16-43(55)69)58-50(76)40(23-66)63-48(74)37(20-29-22-57-34-6-4-3-5-32(29)34)60-51(77)41(24-81)64-45(71)33(54)18-27-7-11-30(67)12-8-27/h3-14,22,26,33,35-42,57,66-68,81-82H,15-21,23-25,54H2,1-2H3,(H2,55,69)(H2,56,70)(H,58,76)(H,59,75)(H,60,77)(H,61,72)(H,62,78)(H,63,74)(H,64,71)(H,65,73)(H,79,80). The summed E-state index contributed by atoms with van der Waals surface area (Å²) in [5, 5.41) is 59.4. The second-order valence-electron chi connectivity index (χ2n) is 19.6. The van der Waals surface area contributed by atoms with Gasteiger partial charge in [0.15, 0.2) is 0 Å². The lowest BCUT2D eigenvalue weighted by Crippen LogP contribution is -2.61. The Morgan fingerprint density at radius 1 is 0.524 bits per heavy atom. The fourth-order valence-electron chi connectivity index (χ4n) is 8.21. The molecule has 27 nitrogen and oxygen atoms in total. The van der Waals surface area contributed by atoms with Crippen LogP contribution in [0.25, 0.3) is 10.9 Å². The van der Waals surface area contributed by atoms with Crippen molar-refractivity contribution in [3.63, 3.8) is 0 Å².